The Morgan fingerprint density at radius 3 is 1.88 bits per heavy atom. The molecule has 24 heavy (non-hydrogen) atoms. The third kappa shape index (κ3) is 6.47. The number of amides is 2. The molecule has 8 heteroatoms. The molecule has 0 aliphatic rings. The van der Waals surface area contributed by atoms with Crippen molar-refractivity contribution in [3.8, 4) is 0 Å². The Morgan fingerprint density at radius 2 is 1.46 bits per heavy atom. The van der Waals surface area contributed by atoms with Gasteiger partial charge in [0.2, 0.25) is 0 Å². The van der Waals surface area contributed by atoms with Crippen LogP contribution in [0.15, 0.2) is 6.20 Å². The first-order chi connectivity index (χ1) is 10.8. The third-order valence-electron chi connectivity index (χ3n) is 2.54. The Balaban J connectivity index is 2.98. The van der Waals surface area contributed by atoms with Gasteiger partial charge in [-0.1, -0.05) is 0 Å². The van der Waals surface area contributed by atoms with Crippen molar-refractivity contribution >= 4 is 23.7 Å². The lowest BCUT2D eigenvalue weighted by molar-refractivity contribution is 0.0620. The van der Waals surface area contributed by atoms with Gasteiger partial charge in [-0.25, -0.2) is 14.3 Å². The maximum atomic E-state index is 12.0. The van der Waals surface area contributed by atoms with E-state index in [2.05, 4.69) is 15.7 Å². The molecule has 0 unspecified atom stereocenters. The standard InChI is InChI=1S/C16H28N4O4/c1-10(2)20-12(19-14(22)24-16(6,7)8)11(9-17-20)18-13(21)23-15(3,4)5/h9-10H,1-8H3,(H,18,21)(H,19,22). The molecule has 2 amide bonds. The Hall–Kier alpha value is -2.25. The highest BCUT2D eigenvalue weighted by Crippen LogP contribution is 2.26. The first-order valence-corrected chi connectivity index (χ1v) is 7.86. The van der Waals surface area contributed by atoms with E-state index in [9.17, 15) is 9.59 Å². The van der Waals surface area contributed by atoms with Crippen LogP contribution in [0.1, 0.15) is 61.4 Å². The van der Waals surface area contributed by atoms with Crippen LogP contribution >= 0.6 is 0 Å². The fourth-order valence-corrected chi connectivity index (χ4v) is 1.78. The monoisotopic (exact) mass is 340 g/mol. The van der Waals surface area contributed by atoms with Gasteiger partial charge in [0.05, 0.1) is 6.20 Å². The number of hydrogen-bond donors (Lipinski definition) is 2. The first kappa shape index (κ1) is 19.8. The molecule has 1 heterocycles. The van der Waals surface area contributed by atoms with E-state index >= 15 is 0 Å². The number of nitrogens with one attached hydrogen (secondary N) is 2. The van der Waals surface area contributed by atoms with Crippen LogP contribution in [0.4, 0.5) is 21.1 Å². The molecule has 0 aliphatic carbocycles. The van der Waals surface area contributed by atoms with Crippen molar-refractivity contribution in [2.45, 2.75) is 72.6 Å². The highest BCUT2D eigenvalue weighted by atomic mass is 16.6. The SMILES string of the molecule is CC(C)n1ncc(NC(=O)OC(C)(C)C)c1NC(=O)OC(C)(C)C. The Bertz CT molecular complexity index is 594. The van der Waals surface area contributed by atoms with Crippen LogP contribution in [0.25, 0.3) is 0 Å². The van der Waals surface area contributed by atoms with Crippen LogP contribution in [0.5, 0.6) is 0 Å². The van der Waals surface area contributed by atoms with Crippen molar-refractivity contribution in [2.24, 2.45) is 0 Å². The molecule has 0 atom stereocenters. The molecule has 8 nitrogen and oxygen atoms in total. The summed E-state index contributed by atoms with van der Waals surface area (Å²) in [4.78, 5) is 24.0. The van der Waals surface area contributed by atoms with E-state index in [1.807, 2.05) is 13.8 Å². The number of rotatable bonds is 3. The molecule has 2 N–H and O–H groups in total. The molecule has 0 spiro atoms. The summed E-state index contributed by atoms with van der Waals surface area (Å²) in [6, 6.07) is -0.0240. The number of ether oxygens (including phenoxy) is 2. The quantitative estimate of drug-likeness (QED) is 0.861. The summed E-state index contributed by atoms with van der Waals surface area (Å²) in [5.74, 6) is 0.338. The van der Waals surface area contributed by atoms with Crippen molar-refractivity contribution in [1.29, 1.82) is 0 Å². The van der Waals surface area contributed by atoms with Gasteiger partial charge in [0.1, 0.15) is 16.9 Å². The zero-order chi connectivity index (χ0) is 18.7. The average Bonchev–Trinajstić information content (AvgIpc) is 2.67. The topological polar surface area (TPSA) is 94.5 Å². The van der Waals surface area contributed by atoms with E-state index in [4.69, 9.17) is 9.47 Å². The highest BCUT2D eigenvalue weighted by molar-refractivity contribution is 5.94. The van der Waals surface area contributed by atoms with Gasteiger partial charge >= 0.3 is 12.2 Å². The third-order valence-corrected chi connectivity index (χ3v) is 2.54. The van der Waals surface area contributed by atoms with Gasteiger partial charge in [-0.05, 0) is 55.4 Å². The van der Waals surface area contributed by atoms with Crippen LogP contribution < -0.4 is 10.6 Å². The van der Waals surface area contributed by atoms with Crippen molar-refractivity contribution in [3.63, 3.8) is 0 Å². The zero-order valence-corrected chi connectivity index (χ0v) is 15.7. The second kappa shape index (κ2) is 7.11. The van der Waals surface area contributed by atoms with Crippen molar-refractivity contribution in [1.82, 2.24) is 9.78 Å². The molecule has 0 radical (unpaired) electrons. The summed E-state index contributed by atoms with van der Waals surface area (Å²) in [5, 5.41) is 9.42. The van der Waals surface area contributed by atoms with Gasteiger partial charge < -0.3 is 9.47 Å². The molecular weight excluding hydrogens is 312 g/mol. The molecule has 136 valence electrons. The molecule has 0 aromatic carbocycles. The average molecular weight is 340 g/mol. The molecular formula is C16H28N4O4. The molecule has 0 fully saturated rings. The van der Waals surface area contributed by atoms with Crippen molar-refractivity contribution in [3.05, 3.63) is 6.20 Å². The maximum Gasteiger partial charge on any atom is 0.413 e. The number of carbonyl (C=O) groups is 2. The fraction of sp³-hybridized carbons (Fsp3) is 0.688. The summed E-state index contributed by atoms with van der Waals surface area (Å²) in [6.07, 6.45) is 0.201. The second-order valence-electron chi connectivity index (χ2n) is 7.70. The summed E-state index contributed by atoms with van der Waals surface area (Å²) in [7, 11) is 0. The molecule has 1 aromatic rings. The van der Waals surface area contributed by atoms with Crippen LogP contribution in [0.2, 0.25) is 0 Å². The van der Waals surface area contributed by atoms with Crippen molar-refractivity contribution in [2.75, 3.05) is 10.6 Å². The van der Waals surface area contributed by atoms with E-state index in [1.165, 1.54) is 6.20 Å². The predicted octanol–water partition coefficient (Wildman–Crippen LogP) is 4.16. The summed E-state index contributed by atoms with van der Waals surface area (Å²) >= 11 is 0. The largest absolute Gasteiger partial charge is 0.444 e. The summed E-state index contributed by atoms with van der Waals surface area (Å²) in [6.45, 7) is 14.4. The van der Waals surface area contributed by atoms with E-state index in [0.717, 1.165) is 0 Å². The van der Waals surface area contributed by atoms with E-state index in [0.29, 0.717) is 11.5 Å². The first-order valence-electron chi connectivity index (χ1n) is 7.86. The summed E-state index contributed by atoms with van der Waals surface area (Å²) in [5.41, 5.74) is -0.925. The predicted molar refractivity (Wildman–Crippen MR) is 92.3 cm³/mol. The van der Waals surface area contributed by atoms with Gasteiger partial charge in [-0.2, -0.15) is 5.10 Å². The number of nitrogens with zero attached hydrogens (tertiary/aromatic N) is 2. The zero-order valence-electron chi connectivity index (χ0n) is 15.7. The van der Waals surface area contributed by atoms with Gasteiger partial charge in [-0.3, -0.25) is 10.6 Å². The minimum absolute atomic E-state index is 0.0240. The maximum absolute atomic E-state index is 12.0. The Morgan fingerprint density at radius 1 is 1.00 bits per heavy atom. The van der Waals surface area contributed by atoms with Crippen molar-refractivity contribution < 1.29 is 19.1 Å². The van der Waals surface area contributed by atoms with Gasteiger partial charge in [-0.15, -0.1) is 0 Å². The van der Waals surface area contributed by atoms with Gasteiger partial charge in [0.25, 0.3) is 0 Å². The number of carbonyl (C=O) groups excluding carboxylic acids is 2. The number of hydrogen-bond acceptors (Lipinski definition) is 5. The fourth-order valence-electron chi connectivity index (χ4n) is 1.78. The van der Waals surface area contributed by atoms with Gasteiger partial charge in [0, 0.05) is 6.04 Å². The number of anilines is 2. The lowest BCUT2D eigenvalue weighted by Gasteiger charge is -2.22. The minimum Gasteiger partial charge on any atom is -0.444 e. The molecule has 0 saturated heterocycles. The molecule has 1 rings (SSSR count). The van der Waals surface area contributed by atoms with Crippen LogP contribution in [-0.2, 0) is 9.47 Å². The second-order valence-corrected chi connectivity index (χ2v) is 7.70. The van der Waals surface area contributed by atoms with Crippen LogP contribution in [-0.4, -0.2) is 33.2 Å². The van der Waals surface area contributed by atoms with Crippen LogP contribution in [0.3, 0.4) is 0 Å². The van der Waals surface area contributed by atoms with E-state index < -0.39 is 23.4 Å². The van der Waals surface area contributed by atoms with E-state index in [-0.39, 0.29) is 6.04 Å². The highest BCUT2D eigenvalue weighted by Gasteiger charge is 2.23. The number of aromatic nitrogens is 2. The Kier molecular flexibility index (Phi) is 5.86. The molecule has 0 aliphatic heterocycles. The molecule has 0 saturated carbocycles. The molecule has 1 aromatic heterocycles. The van der Waals surface area contributed by atoms with Crippen LogP contribution in [0, 0.1) is 0 Å². The Labute approximate surface area is 142 Å². The lowest BCUT2D eigenvalue weighted by atomic mass is 10.2. The van der Waals surface area contributed by atoms with Gasteiger partial charge in [0.15, 0.2) is 5.82 Å². The summed E-state index contributed by atoms with van der Waals surface area (Å²) < 4.78 is 12.1. The molecule has 0 bridgehead atoms. The normalized spacial score (nSPS) is 12.0. The lowest BCUT2D eigenvalue weighted by Crippen LogP contribution is -2.29. The minimum atomic E-state index is -0.633. The smallest absolute Gasteiger partial charge is 0.413 e. The van der Waals surface area contributed by atoms with E-state index in [1.54, 1.807) is 46.2 Å².